The van der Waals surface area contributed by atoms with E-state index in [2.05, 4.69) is 10.0 Å². The molecule has 0 radical (unpaired) electrons. The number of nitrogens with zero attached hydrogens (tertiary/aromatic N) is 1. The Kier molecular flexibility index (Phi) is 6.86. The van der Waals surface area contributed by atoms with Crippen molar-refractivity contribution < 1.29 is 13.2 Å². The van der Waals surface area contributed by atoms with Crippen molar-refractivity contribution in [2.75, 3.05) is 20.2 Å². The molecule has 1 aromatic heterocycles. The van der Waals surface area contributed by atoms with Crippen LogP contribution in [0.15, 0.2) is 17.2 Å². The number of rotatable bonds is 9. The Bertz CT molecular complexity index is 538. The zero-order valence-corrected chi connectivity index (χ0v) is 14.3. The van der Waals surface area contributed by atoms with Gasteiger partial charge in [-0.05, 0) is 40.8 Å². The molecule has 1 aromatic rings. The van der Waals surface area contributed by atoms with Crippen molar-refractivity contribution in [1.82, 2.24) is 14.6 Å². The summed E-state index contributed by atoms with van der Waals surface area (Å²) in [5, 5.41) is 3.05. The van der Waals surface area contributed by atoms with E-state index in [0.29, 0.717) is 18.0 Å². The summed E-state index contributed by atoms with van der Waals surface area (Å²) < 4.78 is 34.6. The predicted molar refractivity (Wildman–Crippen MR) is 83.9 cm³/mol. The van der Waals surface area contributed by atoms with Gasteiger partial charge < -0.3 is 14.6 Å². The van der Waals surface area contributed by atoms with Crippen LogP contribution in [0.3, 0.4) is 0 Å². The monoisotopic (exact) mass is 317 g/mol. The van der Waals surface area contributed by atoms with Gasteiger partial charge in [-0.1, -0.05) is 0 Å². The average molecular weight is 317 g/mol. The average Bonchev–Trinajstić information content (AvgIpc) is 2.82. The molecule has 0 aliphatic heterocycles. The van der Waals surface area contributed by atoms with E-state index < -0.39 is 10.0 Å². The predicted octanol–water partition coefficient (Wildman–Crippen LogP) is 1.49. The smallest absolute Gasteiger partial charge is 0.242 e. The molecular weight excluding hydrogens is 290 g/mol. The molecule has 1 atom stereocenters. The molecule has 2 N–H and O–H groups in total. The summed E-state index contributed by atoms with van der Waals surface area (Å²) in [6.07, 6.45) is 1.54. The molecular formula is C14H27N3O3S. The molecule has 7 heteroatoms. The first-order valence-electron chi connectivity index (χ1n) is 7.28. The molecule has 1 unspecified atom stereocenters. The van der Waals surface area contributed by atoms with E-state index in [-0.39, 0.29) is 18.7 Å². The standard InChI is InChI=1S/C14H27N3O3S/c1-6-20-12(4)8-16-21(18,19)14-7-13(9-15-5)17(10-14)11(2)3/h7,10-12,15-16H,6,8-9H2,1-5H3. The first-order valence-corrected chi connectivity index (χ1v) is 8.76. The van der Waals surface area contributed by atoms with Crippen LogP contribution in [-0.2, 0) is 21.3 Å². The van der Waals surface area contributed by atoms with Gasteiger partial charge in [-0.15, -0.1) is 0 Å². The molecule has 0 aromatic carbocycles. The van der Waals surface area contributed by atoms with Crippen molar-refractivity contribution in [2.45, 2.75) is 51.3 Å². The fourth-order valence-electron chi connectivity index (χ4n) is 2.10. The Morgan fingerprint density at radius 2 is 2.00 bits per heavy atom. The van der Waals surface area contributed by atoms with Crippen LogP contribution in [0.4, 0.5) is 0 Å². The van der Waals surface area contributed by atoms with Gasteiger partial charge in [0.25, 0.3) is 0 Å². The second-order valence-electron chi connectivity index (χ2n) is 5.32. The molecule has 0 saturated carbocycles. The molecule has 0 saturated heterocycles. The Hall–Kier alpha value is -0.890. The molecule has 0 aliphatic carbocycles. The van der Waals surface area contributed by atoms with E-state index >= 15 is 0 Å². The van der Waals surface area contributed by atoms with Crippen LogP contribution in [0.5, 0.6) is 0 Å². The van der Waals surface area contributed by atoms with Gasteiger partial charge in [0.2, 0.25) is 10.0 Å². The summed E-state index contributed by atoms with van der Waals surface area (Å²) in [6.45, 7) is 9.25. The van der Waals surface area contributed by atoms with Gasteiger partial charge in [0.1, 0.15) is 0 Å². The van der Waals surface area contributed by atoms with Gasteiger partial charge in [-0.2, -0.15) is 0 Å². The van der Waals surface area contributed by atoms with E-state index in [1.807, 2.05) is 39.3 Å². The number of aromatic nitrogens is 1. The van der Waals surface area contributed by atoms with Gasteiger partial charge in [0.15, 0.2) is 0 Å². The van der Waals surface area contributed by atoms with Crippen molar-refractivity contribution in [3.05, 3.63) is 18.0 Å². The maximum atomic E-state index is 12.3. The van der Waals surface area contributed by atoms with Crippen LogP contribution in [0.25, 0.3) is 0 Å². The summed E-state index contributed by atoms with van der Waals surface area (Å²) in [6, 6.07) is 1.92. The zero-order valence-electron chi connectivity index (χ0n) is 13.5. The van der Waals surface area contributed by atoms with E-state index in [9.17, 15) is 8.42 Å². The van der Waals surface area contributed by atoms with E-state index in [1.54, 1.807) is 12.3 Å². The van der Waals surface area contributed by atoms with Gasteiger partial charge in [0.05, 0.1) is 11.0 Å². The summed E-state index contributed by atoms with van der Waals surface area (Å²) in [5.74, 6) is 0. The number of sulfonamides is 1. The molecule has 0 bridgehead atoms. The molecule has 1 heterocycles. The number of hydrogen-bond donors (Lipinski definition) is 2. The van der Waals surface area contributed by atoms with Crippen LogP contribution in [0, 0.1) is 0 Å². The SMILES string of the molecule is CCOC(C)CNS(=O)(=O)c1cc(CNC)n(C(C)C)c1. The minimum Gasteiger partial charge on any atom is -0.377 e. The maximum Gasteiger partial charge on any atom is 0.242 e. The number of hydrogen-bond acceptors (Lipinski definition) is 4. The second-order valence-corrected chi connectivity index (χ2v) is 7.08. The minimum absolute atomic E-state index is 0.145. The maximum absolute atomic E-state index is 12.3. The van der Waals surface area contributed by atoms with E-state index in [1.165, 1.54) is 0 Å². The zero-order chi connectivity index (χ0) is 16.0. The van der Waals surface area contributed by atoms with Crippen molar-refractivity contribution in [2.24, 2.45) is 0 Å². The Morgan fingerprint density at radius 1 is 1.33 bits per heavy atom. The fraction of sp³-hybridized carbons (Fsp3) is 0.714. The lowest BCUT2D eigenvalue weighted by Crippen LogP contribution is -2.32. The van der Waals surface area contributed by atoms with Gasteiger partial charge >= 0.3 is 0 Å². The number of nitrogens with one attached hydrogen (secondary N) is 2. The summed E-state index contributed by atoms with van der Waals surface area (Å²) in [5.41, 5.74) is 0.950. The Balaban J connectivity index is 2.90. The van der Waals surface area contributed by atoms with Crippen LogP contribution in [0.1, 0.15) is 39.4 Å². The summed E-state index contributed by atoms with van der Waals surface area (Å²) in [7, 11) is -1.66. The summed E-state index contributed by atoms with van der Waals surface area (Å²) in [4.78, 5) is 0.296. The normalized spacial score (nSPS) is 13.8. The Labute approximate surface area is 127 Å². The molecule has 0 aliphatic rings. The van der Waals surface area contributed by atoms with Crippen molar-refractivity contribution in [3.63, 3.8) is 0 Å². The second kappa shape index (κ2) is 7.93. The van der Waals surface area contributed by atoms with Crippen molar-refractivity contribution in [1.29, 1.82) is 0 Å². The summed E-state index contributed by atoms with van der Waals surface area (Å²) >= 11 is 0. The quantitative estimate of drug-likeness (QED) is 0.724. The highest BCUT2D eigenvalue weighted by Crippen LogP contribution is 2.18. The van der Waals surface area contributed by atoms with Gasteiger partial charge in [-0.3, -0.25) is 0 Å². The van der Waals surface area contributed by atoms with Crippen LogP contribution in [0.2, 0.25) is 0 Å². The van der Waals surface area contributed by atoms with Gasteiger partial charge in [-0.25, -0.2) is 13.1 Å². The third-order valence-electron chi connectivity index (χ3n) is 3.14. The highest BCUT2D eigenvalue weighted by atomic mass is 32.2. The van der Waals surface area contributed by atoms with Crippen molar-refractivity contribution >= 4 is 10.0 Å². The topological polar surface area (TPSA) is 72.4 Å². The third kappa shape index (κ3) is 5.10. The first-order chi connectivity index (χ1) is 9.81. The molecule has 21 heavy (non-hydrogen) atoms. The largest absolute Gasteiger partial charge is 0.377 e. The minimum atomic E-state index is -3.51. The van der Waals surface area contributed by atoms with Gasteiger partial charge in [0, 0.05) is 37.6 Å². The Morgan fingerprint density at radius 3 is 2.52 bits per heavy atom. The lowest BCUT2D eigenvalue weighted by molar-refractivity contribution is 0.0799. The van der Waals surface area contributed by atoms with Crippen LogP contribution >= 0.6 is 0 Å². The highest BCUT2D eigenvalue weighted by molar-refractivity contribution is 7.89. The third-order valence-corrected chi connectivity index (χ3v) is 4.53. The van der Waals surface area contributed by atoms with Crippen LogP contribution < -0.4 is 10.0 Å². The number of ether oxygens (including phenoxy) is 1. The molecule has 0 spiro atoms. The van der Waals surface area contributed by atoms with Crippen molar-refractivity contribution in [3.8, 4) is 0 Å². The molecule has 1 rings (SSSR count). The van der Waals surface area contributed by atoms with E-state index in [0.717, 1.165) is 5.69 Å². The van der Waals surface area contributed by atoms with E-state index in [4.69, 9.17) is 4.74 Å². The highest BCUT2D eigenvalue weighted by Gasteiger charge is 2.19. The lowest BCUT2D eigenvalue weighted by Gasteiger charge is -2.12. The molecule has 0 amide bonds. The molecule has 122 valence electrons. The molecule has 6 nitrogen and oxygen atoms in total. The fourth-order valence-corrected chi connectivity index (χ4v) is 3.27. The molecule has 0 fully saturated rings. The van der Waals surface area contributed by atoms with Crippen LogP contribution in [-0.4, -0.2) is 39.3 Å². The lowest BCUT2D eigenvalue weighted by atomic mass is 10.3. The first kappa shape index (κ1) is 18.2.